The average Bonchev–Trinajstić information content (AvgIpc) is 3.37. The fourth-order valence-corrected chi connectivity index (χ4v) is 6.06. The van der Waals surface area contributed by atoms with Gasteiger partial charge in [0.1, 0.15) is 12.1 Å². The summed E-state index contributed by atoms with van der Waals surface area (Å²) in [7, 11) is 0. The lowest BCUT2D eigenvalue weighted by Crippen LogP contribution is -2.59. The zero-order valence-electron chi connectivity index (χ0n) is 25.8. The number of β-amino-alcohol motifs (C(OH)–C–C–N with tert-alkyl or cyclic N) is 1. The van der Waals surface area contributed by atoms with Crippen LogP contribution in [0.5, 0.6) is 0 Å². The van der Waals surface area contributed by atoms with Crippen molar-refractivity contribution < 1.29 is 38.6 Å². The summed E-state index contributed by atoms with van der Waals surface area (Å²) in [6, 6.07) is 4.11. The van der Waals surface area contributed by atoms with Gasteiger partial charge in [-0.15, -0.1) is 11.3 Å². The predicted molar refractivity (Wildman–Crippen MR) is 164 cm³/mol. The van der Waals surface area contributed by atoms with Gasteiger partial charge in [0.25, 0.3) is 5.91 Å². The molecule has 1 aliphatic heterocycles. The SMILES string of the molecule is Cc1ncsc1-c1ccc([C@H](CC(=O)NCCC(=O)O)NC(=O)[C@@H]2C[C@@H](O)CN2C(=O)[C@@H](NC(=O)C2(F)CC2)C(C)(C)C)cc1. The van der Waals surface area contributed by atoms with E-state index in [0.29, 0.717) is 5.56 Å². The zero-order chi connectivity index (χ0) is 33.1. The van der Waals surface area contributed by atoms with Gasteiger partial charge in [-0.25, -0.2) is 9.37 Å². The number of aliphatic hydroxyl groups is 1. The van der Waals surface area contributed by atoms with Crippen molar-refractivity contribution in [3.63, 3.8) is 0 Å². The molecule has 1 saturated carbocycles. The number of hydrogen-bond donors (Lipinski definition) is 5. The molecule has 0 bridgehead atoms. The number of carboxylic acids is 1. The Bertz CT molecular complexity index is 1440. The summed E-state index contributed by atoms with van der Waals surface area (Å²) >= 11 is 1.48. The number of aromatic nitrogens is 1. The molecule has 0 radical (unpaired) electrons. The van der Waals surface area contributed by atoms with E-state index < -0.39 is 64.9 Å². The minimum absolute atomic E-state index is 0.0729. The van der Waals surface area contributed by atoms with Crippen LogP contribution in [0.3, 0.4) is 0 Å². The van der Waals surface area contributed by atoms with E-state index in [0.717, 1.165) is 16.1 Å². The summed E-state index contributed by atoms with van der Waals surface area (Å²) in [4.78, 5) is 70.2. The van der Waals surface area contributed by atoms with Gasteiger partial charge in [0.2, 0.25) is 17.7 Å². The van der Waals surface area contributed by atoms with Crippen LogP contribution in [-0.4, -0.2) is 86.6 Å². The molecular weight excluding hydrogens is 605 g/mol. The highest BCUT2D eigenvalue weighted by Gasteiger charge is 2.53. The van der Waals surface area contributed by atoms with Crippen molar-refractivity contribution in [1.29, 1.82) is 0 Å². The molecule has 4 amide bonds. The molecule has 2 aliphatic rings. The van der Waals surface area contributed by atoms with E-state index in [1.807, 2.05) is 19.1 Å². The Hall–Kier alpha value is -3.91. The third-order valence-electron chi connectivity index (χ3n) is 8.04. The van der Waals surface area contributed by atoms with Gasteiger partial charge >= 0.3 is 5.97 Å². The summed E-state index contributed by atoms with van der Waals surface area (Å²) in [5.74, 6) is -3.67. The minimum Gasteiger partial charge on any atom is -0.481 e. The van der Waals surface area contributed by atoms with Crippen molar-refractivity contribution in [1.82, 2.24) is 25.8 Å². The fourth-order valence-electron chi connectivity index (χ4n) is 5.25. The number of nitrogens with one attached hydrogen (secondary N) is 3. The number of nitrogens with zero attached hydrogens (tertiary/aromatic N) is 2. The van der Waals surface area contributed by atoms with E-state index >= 15 is 0 Å². The van der Waals surface area contributed by atoms with Gasteiger partial charge in [-0.3, -0.25) is 24.0 Å². The summed E-state index contributed by atoms with van der Waals surface area (Å²) in [5, 5.41) is 27.4. The highest BCUT2D eigenvalue weighted by molar-refractivity contribution is 7.13. The molecule has 1 aliphatic carbocycles. The number of rotatable bonds is 12. The number of aliphatic hydroxyl groups excluding tert-OH is 1. The lowest BCUT2D eigenvalue weighted by Gasteiger charge is -2.36. The van der Waals surface area contributed by atoms with Gasteiger partial charge < -0.3 is 31.1 Å². The molecule has 244 valence electrons. The second-order valence-electron chi connectivity index (χ2n) is 12.8. The smallest absolute Gasteiger partial charge is 0.305 e. The number of halogens is 1. The normalized spacial score (nSPS) is 20.2. The maximum absolute atomic E-state index is 14.5. The topological polar surface area (TPSA) is 178 Å². The van der Waals surface area contributed by atoms with Crippen LogP contribution in [0, 0.1) is 12.3 Å². The lowest BCUT2D eigenvalue weighted by atomic mass is 9.85. The molecule has 1 saturated heterocycles. The summed E-state index contributed by atoms with van der Waals surface area (Å²) in [6.07, 6.45) is -1.42. The van der Waals surface area contributed by atoms with Gasteiger partial charge in [0.15, 0.2) is 5.67 Å². The second kappa shape index (κ2) is 13.6. The number of aryl methyl sites for hydroxylation is 1. The lowest BCUT2D eigenvalue weighted by molar-refractivity contribution is -0.145. The number of aliphatic carboxylic acids is 1. The molecular formula is C31H40FN5O7S. The Labute approximate surface area is 264 Å². The number of carbonyl (C=O) groups excluding carboxylic acids is 4. The molecule has 2 aromatic rings. The number of alkyl halides is 1. The van der Waals surface area contributed by atoms with E-state index in [1.54, 1.807) is 38.4 Å². The van der Waals surface area contributed by atoms with Gasteiger partial charge in [-0.05, 0) is 36.3 Å². The van der Waals surface area contributed by atoms with Crippen molar-refractivity contribution >= 4 is 40.9 Å². The highest BCUT2D eigenvalue weighted by Crippen LogP contribution is 2.40. The molecule has 2 heterocycles. The average molecular weight is 646 g/mol. The standard InChI is InChI=1S/C31H40FN5O7S/c1-17-25(45-16-34-17)19-7-5-18(6-8-19)21(14-23(39)33-12-9-24(40)41)35-27(42)22-13-20(38)15-37(22)28(43)26(30(2,3)4)36-29(44)31(32)10-11-31/h5-8,16,20-22,26,38H,9-15H2,1-4H3,(H,33,39)(H,35,42)(H,36,44)(H,40,41)/t20-,21+,22+,26-/m1/s1. The number of likely N-dealkylation sites (tertiary alicyclic amines) is 1. The Morgan fingerprint density at radius 2 is 1.80 bits per heavy atom. The van der Waals surface area contributed by atoms with E-state index in [1.165, 1.54) is 16.2 Å². The maximum Gasteiger partial charge on any atom is 0.305 e. The molecule has 0 unspecified atom stereocenters. The van der Waals surface area contributed by atoms with Crippen molar-refractivity contribution in [3.05, 3.63) is 41.0 Å². The largest absolute Gasteiger partial charge is 0.481 e. The van der Waals surface area contributed by atoms with Gasteiger partial charge in [0.05, 0.1) is 41.1 Å². The summed E-state index contributed by atoms with van der Waals surface area (Å²) in [6.45, 7) is 6.78. The molecule has 1 aromatic carbocycles. The molecule has 0 spiro atoms. The minimum atomic E-state index is -2.00. The van der Waals surface area contributed by atoms with Crippen LogP contribution in [-0.2, 0) is 24.0 Å². The van der Waals surface area contributed by atoms with E-state index in [9.17, 15) is 33.5 Å². The molecule has 14 heteroatoms. The van der Waals surface area contributed by atoms with E-state index in [2.05, 4.69) is 20.9 Å². The van der Waals surface area contributed by atoms with Crippen LogP contribution in [0.25, 0.3) is 10.4 Å². The van der Waals surface area contributed by atoms with Crippen LogP contribution >= 0.6 is 11.3 Å². The molecule has 45 heavy (non-hydrogen) atoms. The number of amides is 4. The van der Waals surface area contributed by atoms with Crippen molar-refractivity contribution in [2.45, 2.75) is 89.7 Å². The Morgan fingerprint density at radius 1 is 1.13 bits per heavy atom. The summed E-state index contributed by atoms with van der Waals surface area (Å²) < 4.78 is 14.5. The first-order valence-corrected chi connectivity index (χ1v) is 15.7. The number of carboxylic acid groups (broad SMARTS) is 1. The predicted octanol–water partition coefficient (Wildman–Crippen LogP) is 2.25. The quantitative estimate of drug-likeness (QED) is 0.233. The Morgan fingerprint density at radius 3 is 2.36 bits per heavy atom. The molecule has 5 N–H and O–H groups in total. The number of hydrogen-bond acceptors (Lipinski definition) is 8. The first-order valence-electron chi connectivity index (χ1n) is 14.9. The van der Waals surface area contributed by atoms with Crippen molar-refractivity contribution in [2.24, 2.45) is 5.41 Å². The number of thiazole rings is 1. The Balaban J connectivity index is 1.55. The first-order chi connectivity index (χ1) is 21.1. The second-order valence-corrected chi connectivity index (χ2v) is 13.6. The monoisotopic (exact) mass is 645 g/mol. The maximum atomic E-state index is 14.5. The van der Waals surface area contributed by atoms with E-state index in [4.69, 9.17) is 5.11 Å². The number of benzene rings is 1. The van der Waals surface area contributed by atoms with Crippen LogP contribution in [0.4, 0.5) is 4.39 Å². The molecule has 1 aromatic heterocycles. The highest BCUT2D eigenvalue weighted by atomic mass is 32.1. The molecule has 4 rings (SSSR count). The molecule has 2 fully saturated rings. The van der Waals surface area contributed by atoms with Crippen LogP contribution < -0.4 is 16.0 Å². The van der Waals surface area contributed by atoms with Crippen molar-refractivity contribution in [2.75, 3.05) is 13.1 Å². The van der Waals surface area contributed by atoms with Gasteiger partial charge in [-0.2, -0.15) is 0 Å². The van der Waals surface area contributed by atoms with Crippen LogP contribution in [0.2, 0.25) is 0 Å². The van der Waals surface area contributed by atoms with Crippen LogP contribution in [0.1, 0.15) is 70.2 Å². The fraction of sp³-hybridized carbons (Fsp3) is 0.548. The first kappa shape index (κ1) is 34.0. The third kappa shape index (κ3) is 8.42. The molecule has 4 atom stereocenters. The van der Waals surface area contributed by atoms with Crippen molar-refractivity contribution in [3.8, 4) is 10.4 Å². The van der Waals surface area contributed by atoms with Crippen LogP contribution in [0.15, 0.2) is 29.8 Å². The molecule has 12 nitrogen and oxygen atoms in total. The number of carbonyl (C=O) groups is 5. The Kier molecular flexibility index (Phi) is 10.3. The summed E-state index contributed by atoms with van der Waals surface area (Å²) in [5.41, 5.74) is 1.27. The zero-order valence-corrected chi connectivity index (χ0v) is 26.6. The van der Waals surface area contributed by atoms with E-state index in [-0.39, 0.29) is 45.2 Å². The van der Waals surface area contributed by atoms with Gasteiger partial charge in [0, 0.05) is 19.5 Å². The van der Waals surface area contributed by atoms with Gasteiger partial charge in [-0.1, -0.05) is 45.0 Å². The third-order valence-corrected chi connectivity index (χ3v) is 9.01.